The van der Waals surface area contributed by atoms with Crippen molar-refractivity contribution in [2.75, 3.05) is 18.8 Å². The number of nitrogens with one attached hydrogen (secondary N) is 2. The van der Waals surface area contributed by atoms with Gasteiger partial charge in [-0.15, -0.1) is 0 Å². The summed E-state index contributed by atoms with van der Waals surface area (Å²) in [4.78, 5) is 22.7. The normalized spacial score (nSPS) is 11.9. The number of halogens is 4. The van der Waals surface area contributed by atoms with Gasteiger partial charge in [-0.25, -0.2) is 18.6 Å². The molecule has 38 heavy (non-hydrogen) atoms. The number of alkyl halides is 3. The van der Waals surface area contributed by atoms with Crippen LogP contribution in [0.15, 0.2) is 28.8 Å². The number of carbonyl (C=O) groups is 2. The number of rotatable bonds is 12. The lowest BCUT2D eigenvalue weighted by atomic mass is 10.2. The summed E-state index contributed by atoms with van der Waals surface area (Å²) < 4.78 is 47.3. The highest BCUT2D eigenvalue weighted by atomic mass is 79.9. The van der Waals surface area contributed by atoms with Gasteiger partial charge in [0.05, 0.1) is 31.7 Å². The van der Waals surface area contributed by atoms with Gasteiger partial charge in [0.25, 0.3) is 0 Å². The summed E-state index contributed by atoms with van der Waals surface area (Å²) in [5.74, 6) is -1.18. The number of azo groups is 1. The Hall–Kier alpha value is -3.17. The molecule has 0 aliphatic heterocycles. The van der Waals surface area contributed by atoms with Gasteiger partial charge in [-0.1, -0.05) is 12.0 Å². The summed E-state index contributed by atoms with van der Waals surface area (Å²) in [5.41, 5.74) is 5.93. The Morgan fingerprint density at radius 1 is 1.13 bits per heavy atom. The smallest absolute Gasteiger partial charge is 0.471 e. The molecule has 0 aliphatic rings. The monoisotopic (exact) mass is 609 g/mol. The second kappa shape index (κ2) is 14.7. The predicted octanol–water partition coefficient (Wildman–Crippen LogP) is 0.367. The third-order valence-electron chi connectivity index (χ3n) is 4.85. The van der Waals surface area contributed by atoms with Crippen LogP contribution in [0.1, 0.15) is 47.0 Å². The Balaban J connectivity index is 0.00000722. The fraction of sp³-hybridized carbons (Fsp3) is 0.636. The topological polar surface area (TPSA) is 145 Å². The first kappa shape index (κ1) is 32.9. The number of nitrogens with two attached hydrogens (primary N) is 1. The van der Waals surface area contributed by atoms with Crippen molar-refractivity contribution in [1.29, 1.82) is 0 Å². The summed E-state index contributed by atoms with van der Waals surface area (Å²) >= 11 is 0. The Morgan fingerprint density at radius 2 is 1.82 bits per heavy atom. The molecule has 0 aromatic carbocycles. The SMILES string of the molecule is CCCn1cc[n+](CCCNC(=O)C(F)(F)F)c1/N=N/c1cnn(CCCNC(=O)OC(C)(C)C)c1N.[Br-]. The zero-order valence-corrected chi connectivity index (χ0v) is 23.5. The highest BCUT2D eigenvalue weighted by molar-refractivity contribution is 5.81. The van der Waals surface area contributed by atoms with E-state index >= 15 is 0 Å². The predicted molar refractivity (Wildman–Crippen MR) is 128 cm³/mol. The first-order valence-corrected chi connectivity index (χ1v) is 11.9. The number of nitrogen functional groups attached to an aromatic ring is 1. The number of nitrogens with zero attached hydrogens (tertiary/aromatic N) is 6. The van der Waals surface area contributed by atoms with Gasteiger partial charge >= 0.3 is 24.1 Å². The zero-order valence-electron chi connectivity index (χ0n) is 21.9. The first-order valence-electron chi connectivity index (χ1n) is 11.9. The van der Waals surface area contributed by atoms with Crippen molar-refractivity contribution in [2.45, 2.75) is 78.4 Å². The maximum atomic E-state index is 12.3. The highest BCUT2D eigenvalue weighted by Gasteiger charge is 2.38. The summed E-state index contributed by atoms with van der Waals surface area (Å²) in [5, 5.41) is 17.3. The number of hydrogen-bond acceptors (Lipinski definition) is 7. The van der Waals surface area contributed by atoms with E-state index in [4.69, 9.17) is 10.5 Å². The van der Waals surface area contributed by atoms with E-state index < -0.39 is 23.8 Å². The van der Waals surface area contributed by atoms with Crippen LogP contribution in [0, 0.1) is 0 Å². The van der Waals surface area contributed by atoms with Crippen molar-refractivity contribution in [3.63, 3.8) is 0 Å². The number of amides is 2. The number of aryl methyl sites for hydroxylation is 3. The van der Waals surface area contributed by atoms with Crippen LogP contribution in [0.3, 0.4) is 0 Å². The van der Waals surface area contributed by atoms with Gasteiger partial charge in [-0.3, -0.25) is 4.79 Å². The summed E-state index contributed by atoms with van der Waals surface area (Å²) in [6.07, 6.45) is 1.28. The molecule has 0 atom stereocenters. The van der Waals surface area contributed by atoms with Crippen molar-refractivity contribution in [2.24, 2.45) is 10.2 Å². The largest absolute Gasteiger partial charge is 1.00 e. The number of aromatic nitrogens is 4. The molecule has 0 radical (unpaired) electrons. The minimum Gasteiger partial charge on any atom is -1.00 e. The zero-order chi connectivity index (χ0) is 27.6. The van der Waals surface area contributed by atoms with Crippen molar-refractivity contribution in [3.05, 3.63) is 18.6 Å². The number of carbonyl (C=O) groups excluding carboxylic acids is 2. The fourth-order valence-electron chi connectivity index (χ4n) is 3.19. The standard InChI is InChI=1S/C22H34F3N9O3.BrH/c1-5-10-32-13-14-33(11-6-8-27-18(35)22(23,24)25)19(32)31-30-16-15-29-34(17(16)26)12-7-9-28-20(36)37-21(2,3)4;/h13-15,26H,5-12H2,1-4H3,(H2,27,28,35,36);1H. The second-order valence-corrected chi connectivity index (χ2v) is 9.21. The molecule has 12 nitrogen and oxygen atoms in total. The highest BCUT2D eigenvalue weighted by Crippen LogP contribution is 2.23. The van der Waals surface area contributed by atoms with E-state index in [1.807, 2.05) is 16.8 Å². The van der Waals surface area contributed by atoms with Crippen molar-refractivity contribution < 1.29 is 49.0 Å². The fourth-order valence-corrected chi connectivity index (χ4v) is 3.19. The molecule has 2 rings (SSSR count). The minimum atomic E-state index is -4.91. The molecule has 2 aromatic rings. The molecule has 4 N–H and O–H groups in total. The molecule has 0 fully saturated rings. The van der Waals surface area contributed by atoms with Crippen molar-refractivity contribution in [1.82, 2.24) is 25.0 Å². The molecule has 0 bridgehead atoms. The first-order chi connectivity index (χ1) is 17.3. The quantitative estimate of drug-likeness (QED) is 0.181. The molecular formula is C22H35BrF3N9O3. The van der Waals surface area contributed by atoms with Crippen molar-refractivity contribution >= 4 is 29.5 Å². The average Bonchev–Trinajstić information content (AvgIpc) is 3.33. The van der Waals surface area contributed by atoms with Gasteiger partial charge < -0.3 is 38.1 Å². The van der Waals surface area contributed by atoms with E-state index in [-0.39, 0.29) is 29.9 Å². The number of imidazole rings is 1. The Labute approximate surface area is 229 Å². The summed E-state index contributed by atoms with van der Waals surface area (Å²) in [7, 11) is 0. The molecule has 0 spiro atoms. The van der Waals surface area contributed by atoms with Crippen LogP contribution in [0.2, 0.25) is 0 Å². The Morgan fingerprint density at radius 3 is 2.45 bits per heavy atom. The number of alkyl carbamates (subject to hydrolysis) is 1. The summed E-state index contributed by atoms with van der Waals surface area (Å²) in [6, 6.07) is 0. The number of hydrogen-bond donors (Lipinski definition) is 3. The van der Waals surface area contributed by atoms with E-state index in [9.17, 15) is 22.8 Å². The molecule has 0 unspecified atom stereocenters. The minimum absolute atomic E-state index is 0. The third kappa shape index (κ3) is 10.7. The number of anilines is 1. The Bertz CT molecular complexity index is 1080. The lowest BCUT2D eigenvalue weighted by molar-refractivity contribution is -0.683. The molecule has 0 saturated carbocycles. The van der Waals surface area contributed by atoms with Gasteiger partial charge in [0.1, 0.15) is 5.60 Å². The van der Waals surface area contributed by atoms with Crippen LogP contribution in [-0.2, 0) is 29.2 Å². The lowest BCUT2D eigenvalue weighted by Gasteiger charge is -2.19. The lowest BCUT2D eigenvalue weighted by Crippen LogP contribution is -3.00. The van der Waals surface area contributed by atoms with E-state index in [1.165, 1.54) is 6.20 Å². The molecule has 214 valence electrons. The van der Waals surface area contributed by atoms with E-state index in [1.54, 1.807) is 42.4 Å². The van der Waals surface area contributed by atoms with Crippen LogP contribution < -0.4 is 37.9 Å². The third-order valence-corrected chi connectivity index (χ3v) is 4.85. The maximum Gasteiger partial charge on any atom is 0.471 e. The van der Waals surface area contributed by atoms with Crippen LogP contribution in [0.4, 0.5) is 35.4 Å². The molecule has 2 heterocycles. The molecule has 2 aromatic heterocycles. The van der Waals surface area contributed by atoms with Gasteiger partial charge in [0, 0.05) is 24.7 Å². The average molecular weight is 610 g/mol. The van der Waals surface area contributed by atoms with E-state index in [2.05, 4.69) is 20.6 Å². The molecule has 16 heteroatoms. The van der Waals surface area contributed by atoms with E-state index in [0.29, 0.717) is 50.1 Å². The van der Waals surface area contributed by atoms with Gasteiger partial charge in [-0.2, -0.15) is 18.3 Å². The molecular weight excluding hydrogens is 575 g/mol. The van der Waals surface area contributed by atoms with E-state index in [0.717, 1.165) is 6.42 Å². The number of ether oxygens (including phenoxy) is 1. The summed E-state index contributed by atoms with van der Waals surface area (Å²) in [6.45, 7) is 9.00. The van der Waals surface area contributed by atoms with Gasteiger partial charge in [-0.05, 0) is 40.0 Å². The van der Waals surface area contributed by atoms with Crippen LogP contribution in [0.25, 0.3) is 0 Å². The maximum absolute atomic E-state index is 12.3. The molecule has 0 saturated heterocycles. The van der Waals surface area contributed by atoms with Crippen LogP contribution in [-0.4, -0.2) is 51.2 Å². The second-order valence-electron chi connectivity index (χ2n) is 9.21. The van der Waals surface area contributed by atoms with Crippen molar-refractivity contribution in [3.8, 4) is 0 Å². The van der Waals surface area contributed by atoms with Crippen LogP contribution >= 0.6 is 0 Å². The van der Waals surface area contributed by atoms with Gasteiger partial charge in [0.15, 0.2) is 11.5 Å². The molecule has 0 aliphatic carbocycles. The Kier molecular flexibility index (Phi) is 12.7. The molecule has 2 amide bonds. The van der Waals surface area contributed by atoms with Crippen LogP contribution in [0.5, 0.6) is 0 Å². The van der Waals surface area contributed by atoms with Gasteiger partial charge in [0.2, 0.25) is 0 Å².